The molecule has 0 aliphatic heterocycles. The molecule has 0 radical (unpaired) electrons. The summed E-state index contributed by atoms with van der Waals surface area (Å²) in [6.45, 7) is 2.55. The average Bonchev–Trinajstić information content (AvgIpc) is 2.56. The van der Waals surface area contributed by atoms with Crippen LogP contribution in [0.2, 0.25) is 0 Å². The van der Waals surface area contributed by atoms with Gasteiger partial charge in [-0.1, -0.05) is 25.1 Å². The predicted molar refractivity (Wildman–Crippen MR) is 92.1 cm³/mol. The molecule has 3 nitrogen and oxygen atoms in total. The summed E-state index contributed by atoms with van der Waals surface area (Å²) in [7, 11) is 0. The van der Waals surface area contributed by atoms with E-state index in [0.717, 1.165) is 12.0 Å². The van der Waals surface area contributed by atoms with E-state index < -0.39 is 0 Å². The third-order valence-electron chi connectivity index (χ3n) is 3.42. The van der Waals surface area contributed by atoms with Crippen LogP contribution in [0.3, 0.4) is 0 Å². The van der Waals surface area contributed by atoms with Crippen molar-refractivity contribution in [3.05, 3.63) is 63.9 Å². The Morgan fingerprint density at radius 2 is 1.87 bits per heavy atom. The van der Waals surface area contributed by atoms with Crippen molar-refractivity contribution in [3.63, 3.8) is 0 Å². The number of ether oxygens (including phenoxy) is 1. The summed E-state index contributed by atoms with van der Waals surface area (Å²) in [5.41, 5.74) is 2.18. The molecule has 0 unspecified atom stereocenters. The van der Waals surface area contributed by atoms with Gasteiger partial charge in [-0.3, -0.25) is 4.79 Å². The predicted octanol–water partition coefficient (Wildman–Crippen LogP) is 3.89. The van der Waals surface area contributed by atoms with Gasteiger partial charge in [-0.25, -0.2) is 4.39 Å². The van der Waals surface area contributed by atoms with Crippen LogP contribution < -0.4 is 10.1 Å². The molecule has 0 atom stereocenters. The van der Waals surface area contributed by atoms with E-state index in [4.69, 9.17) is 4.74 Å². The molecule has 0 aliphatic rings. The molecule has 23 heavy (non-hydrogen) atoms. The topological polar surface area (TPSA) is 38.3 Å². The number of halogens is 2. The van der Waals surface area contributed by atoms with Gasteiger partial charge in [0.2, 0.25) is 0 Å². The molecule has 5 heteroatoms. The van der Waals surface area contributed by atoms with Gasteiger partial charge in [0, 0.05) is 6.54 Å². The van der Waals surface area contributed by atoms with Crippen LogP contribution in [0.25, 0.3) is 0 Å². The molecule has 0 bridgehead atoms. The lowest BCUT2D eigenvalue weighted by Crippen LogP contribution is -2.30. The Bertz CT molecular complexity index is 659. The minimum Gasteiger partial charge on any atom is -0.484 e. The summed E-state index contributed by atoms with van der Waals surface area (Å²) in [6, 6.07) is 12.5. The first-order valence-corrected chi connectivity index (χ1v) is 8.30. The first-order valence-electron chi connectivity index (χ1n) is 7.51. The maximum atomic E-state index is 13.1. The maximum absolute atomic E-state index is 13.1. The van der Waals surface area contributed by atoms with Crippen LogP contribution in [0.15, 0.2) is 46.9 Å². The zero-order valence-electron chi connectivity index (χ0n) is 12.9. The van der Waals surface area contributed by atoms with Gasteiger partial charge in [0.15, 0.2) is 6.61 Å². The van der Waals surface area contributed by atoms with Crippen LogP contribution in [0, 0.1) is 5.82 Å². The molecule has 0 saturated heterocycles. The molecular formula is C18H19BrFNO2. The Labute approximate surface area is 144 Å². The van der Waals surface area contributed by atoms with E-state index in [2.05, 4.69) is 28.2 Å². The highest BCUT2D eigenvalue weighted by atomic mass is 79.9. The van der Waals surface area contributed by atoms with E-state index in [1.54, 1.807) is 12.1 Å². The quantitative estimate of drug-likeness (QED) is 0.792. The van der Waals surface area contributed by atoms with Crippen LogP contribution >= 0.6 is 15.9 Å². The van der Waals surface area contributed by atoms with Gasteiger partial charge in [0.05, 0.1) is 4.47 Å². The van der Waals surface area contributed by atoms with Crippen LogP contribution in [-0.2, 0) is 17.6 Å². The number of hydrogen-bond acceptors (Lipinski definition) is 2. The lowest BCUT2D eigenvalue weighted by atomic mass is 10.1. The average molecular weight is 380 g/mol. The molecule has 2 rings (SSSR count). The number of carbonyl (C=O) groups excluding carboxylic acids is 1. The molecule has 122 valence electrons. The number of hydrogen-bond donors (Lipinski definition) is 1. The smallest absolute Gasteiger partial charge is 0.257 e. The van der Waals surface area contributed by atoms with Gasteiger partial charge < -0.3 is 10.1 Å². The van der Waals surface area contributed by atoms with E-state index in [1.807, 2.05) is 24.3 Å². The van der Waals surface area contributed by atoms with Gasteiger partial charge in [0.25, 0.3) is 5.91 Å². The standard InChI is InChI=1S/C18H19BrFNO2/c1-2-13-3-6-15(7-4-13)23-12-18(22)21-10-9-14-5-8-17(20)16(19)11-14/h3-8,11H,2,9-10,12H2,1H3,(H,21,22). The van der Waals surface area contributed by atoms with Gasteiger partial charge in [-0.15, -0.1) is 0 Å². The Balaban J connectivity index is 1.71. The fourth-order valence-corrected chi connectivity index (χ4v) is 2.49. The van der Waals surface area contributed by atoms with Crippen molar-refractivity contribution in [1.82, 2.24) is 5.32 Å². The second kappa shape index (κ2) is 8.67. The van der Waals surface area contributed by atoms with E-state index in [9.17, 15) is 9.18 Å². The molecule has 0 aromatic heterocycles. The summed E-state index contributed by atoms with van der Waals surface area (Å²) < 4.78 is 19.0. The van der Waals surface area contributed by atoms with Gasteiger partial charge in [-0.05, 0) is 64.2 Å². The van der Waals surface area contributed by atoms with Gasteiger partial charge in [0.1, 0.15) is 11.6 Å². The van der Waals surface area contributed by atoms with Crippen molar-refractivity contribution < 1.29 is 13.9 Å². The fraction of sp³-hybridized carbons (Fsp3) is 0.278. The number of carbonyl (C=O) groups is 1. The van der Waals surface area contributed by atoms with Gasteiger partial charge >= 0.3 is 0 Å². The molecule has 0 spiro atoms. The molecule has 0 aliphatic carbocycles. The first-order chi connectivity index (χ1) is 11.1. The van der Waals surface area contributed by atoms with Crippen molar-refractivity contribution in [1.29, 1.82) is 0 Å². The molecule has 1 amide bonds. The maximum Gasteiger partial charge on any atom is 0.257 e. The number of amides is 1. The second-order valence-electron chi connectivity index (χ2n) is 5.13. The van der Waals surface area contributed by atoms with Crippen molar-refractivity contribution in [3.8, 4) is 5.75 Å². The van der Waals surface area contributed by atoms with Crippen LogP contribution in [0.1, 0.15) is 18.1 Å². The van der Waals surface area contributed by atoms with Crippen LogP contribution in [-0.4, -0.2) is 19.1 Å². The van der Waals surface area contributed by atoms with Gasteiger partial charge in [-0.2, -0.15) is 0 Å². The minimum atomic E-state index is -0.291. The molecule has 2 aromatic carbocycles. The number of nitrogens with one attached hydrogen (secondary N) is 1. The van der Waals surface area contributed by atoms with Crippen molar-refractivity contribution >= 4 is 21.8 Å². The van der Waals surface area contributed by atoms with E-state index >= 15 is 0 Å². The van der Waals surface area contributed by atoms with E-state index in [1.165, 1.54) is 11.6 Å². The lowest BCUT2D eigenvalue weighted by molar-refractivity contribution is -0.123. The summed E-state index contributed by atoms with van der Waals surface area (Å²) in [5, 5.41) is 2.79. The fourth-order valence-electron chi connectivity index (χ4n) is 2.06. The number of rotatable bonds is 7. The first kappa shape index (κ1) is 17.5. The molecule has 0 heterocycles. The summed E-state index contributed by atoms with van der Waals surface area (Å²) in [5.74, 6) is 0.214. The van der Waals surface area contributed by atoms with Crippen LogP contribution in [0.5, 0.6) is 5.75 Å². The third kappa shape index (κ3) is 5.67. The Kier molecular flexibility index (Phi) is 6.59. The zero-order chi connectivity index (χ0) is 16.7. The Morgan fingerprint density at radius 1 is 1.17 bits per heavy atom. The lowest BCUT2D eigenvalue weighted by Gasteiger charge is -2.08. The summed E-state index contributed by atoms with van der Waals surface area (Å²) in [6.07, 6.45) is 1.61. The highest BCUT2D eigenvalue weighted by molar-refractivity contribution is 9.10. The normalized spacial score (nSPS) is 10.4. The largest absolute Gasteiger partial charge is 0.484 e. The molecular weight excluding hydrogens is 361 g/mol. The minimum absolute atomic E-state index is 0.0153. The highest BCUT2D eigenvalue weighted by Crippen LogP contribution is 2.17. The molecule has 0 saturated carbocycles. The zero-order valence-corrected chi connectivity index (χ0v) is 14.5. The van der Waals surface area contributed by atoms with E-state index in [-0.39, 0.29) is 18.3 Å². The number of aryl methyl sites for hydroxylation is 1. The van der Waals surface area contributed by atoms with E-state index in [0.29, 0.717) is 23.2 Å². The molecule has 2 aromatic rings. The SMILES string of the molecule is CCc1ccc(OCC(=O)NCCc2ccc(F)c(Br)c2)cc1. The molecule has 0 fully saturated rings. The second-order valence-corrected chi connectivity index (χ2v) is 5.99. The van der Waals surface area contributed by atoms with Crippen molar-refractivity contribution in [2.24, 2.45) is 0 Å². The molecule has 1 N–H and O–H groups in total. The Hall–Kier alpha value is -1.88. The van der Waals surface area contributed by atoms with Crippen molar-refractivity contribution in [2.45, 2.75) is 19.8 Å². The summed E-state index contributed by atoms with van der Waals surface area (Å²) in [4.78, 5) is 11.7. The van der Waals surface area contributed by atoms with Crippen LogP contribution in [0.4, 0.5) is 4.39 Å². The Morgan fingerprint density at radius 3 is 2.52 bits per heavy atom. The van der Waals surface area contributed by atoms with Crippen molar-refractivity contribution in [2.75, 3.05) is 13.2 Å². The highest BCUT2D eigenvalue weighted by Gasteiger charge is 2.04. The monoisotopic (exact) mass is 379 g/mol. The third-order valence-corrected chi connectivity index (χ3v) is 4.03. The summed E-state index contributed by atoms with van der Waals surface area (Å²) >= 11 is 3.15. The number of benzene rings is 2.